The van der Waals surface area contributed by atoms with Gasteiger partial charge in [-0.1, -0.05) is 0 Å². The summed E-state index contributed by atoms with van der Waals surface area (Å²) in [6.07, 6.45) is 0.276. The van der Waals surface area contributed by atoms with Gasteiger partial charge in [-0.25, -0.2) is 0 Å². The van der Waals surface area contributed by atoms with Crippen molar-refractivity contribution < 1.29 is 14.3 Å². The average molecular weight is 217 g/mol. The molecule has 0 aromatic heterocycles. The van der Waals surface area contributed by atoms with Crippen LogP contribution in [0.3, 0.4) is 0 Å². The highest BCUT2D eigenvalue weighted by atomic mass is 16.5. The van der Waals surface area contributed by atoms with E-state index in [1.807, 2.05) is 0 Å². The molecular weight excluding hydrogens is 198 g/mol. The van der Waals surface area contributed by atoms with Crippen molar-refractivity contribution in [2.45, 2.75) is 12.5 Å². The zero-order chi connectivity index (χ0) is 11.8. The van der Waals surface area contributed by atoms with E-state index in [0.29, 0.717) is 6.54 Å². The average Bonchev–Trinajstić information content (AvgIpc) is 2.17. The van der Waals surface area contributed by atoms with Gasteiger partial charge in [0.15, 0.2) is 0 Å². The quantitative estimate of drug-likeness (QED) is 0.570. The topological polar surface area (TPSA) is 84.7 Å². The van der Waals surface area contributed by atoms with Crippen LogP contribution in [0.25, 0.3) is 0 Å². The van der Waals surface area contributed by atoms with E-state index in [-0.39, 0.29) is 24.8 Å². The smallest absolute Gasteiger partial charge is 0.239 e. The molecule has 6 nitrogen and oxygen atoms in total. The van der Waals surface area contributed by atoms with Crippen LogP contribution in [0.1, 0.15) is 6.42 Å². The summed E-state index contributed by atoms with van der Waals surface area (Å²) < 4.78 is 4.73. The highest BCUT2D eigenvalue weighted by Gasteiger charge is 2.12. The van der Waals surface area contributed by atoms with E-state index in [2.05, 4.69) is 5.32 Å². The fraction of sp³-hybridized carbons (Fsp3) is 0.778. The van der Waals surface area contributed by atoms with Crippen LogP contribution >= 0.6 is 0 Å². The predicted molar refractivity (Wildman–Crippen MR) is 56.2 cm³/mol. The predicted octanol–water partition coefficient (Wildman–Crippen LogP) is -1.45. The van der Waals surface area contributed by atoms with Gasteiger partial charge < -0.3 is 20.7 Å². The molecule has 6 heteroatoms. The van der Waals surface area contributed by atoms with Crippen LogP contribution in [0.5, 0.6) is 0 Å². The minimum Gasteiger partial charge on any atom is -0.383 e. The van der Waals surface area contributed by atoms with Crippen LogP contribution in [-0.2, 0) is 14.3 Å². The zero-order valence-corrected chi connectivity index (χ0v) is 9.45. The largest absolute Gasteiger partial charge is 0.383 e. The first-order valence-electron chi connectivity index (χ1n) is 4.71. The van der Waals surface area contributed by atoms with E-state index in [4.69, 9.17) is 10.5 Å². The maximum atomic E-state index is 11.2. The lowest BCUT2D eigenvalue weighted by atomic mass is 10.3. The number of methoxy groups -OCH3 is 1. The molecule has 0 aliphatic carbocycles. The third-order valence-corrected chi connectivity index (χ3v) is 1.82. The lowest BCUT2D eigenvalue weighted by Gasteiger charge is -2.12. The molecule has 1 unspecified atom stereocenters. The van der Waals surface area contributed by atoms with E-state index >= 15 is 0 Å². The molecule has 0 rings (SSSR count). The summed E-state index contributed by atoms with van der Waals surface area (Å²) in [5, 5.41) is 2.56. The second-order valence-corrected chi connectivity index (χ2v) is 3.39. The zero-order valence-electron chi connectivity index (χ0n) is 9.45. The van der Waals surface area contributed by atoms with Crippen LogP contribution in [0.15, 0.2) is 0 Å². The Morgan fingerprint density at radius 3 is 2.53 bits per heavy atom. The molecular formula is C9H19N3O3. The van der Waals surface area contributed by atoms with Crippen molar-refractivity contribution in [2.24, 2.45) is 5.73 Å². The van der Waals surface area contributed by atoms with Gasteiger partial charge in [0.25, 0.3) is 0 Å². The van der Waals surface area contributed by atoms with E-state index in [1.54, 1.807) is 14.1 Å². The first-order valence-corrected chi connectivity index (χ1v) is 4.71. The molecule has 0 radical (unpaired) electrons. The van der Waals surface area contributed by atoms with Crippen molar-refractivity contribution in [3.05, 3.63) is 0 Å². The minimum absolute atomic E-state index is 0.0318. The van der Waals surface area contributed by atoms with Gasteiger partial charge in [0.2, 0.25) is 11.8 Å². The number of ether oxygens (including phenoxy) is 1. The van der Waals surface area contributed by atoms with E-state index in [0.717, 1.165) is 0 Å². The van der Waals surface area contributed by atoms with Crippen LogP contribution in [0, 0.1) is 0 Å². The normalized spacial score (nSPS) is 12.0. The number of rotatable bonds is 6. The van der Waals surface area contributed by atoms with Crippen molar-refractivity contribution >= 4 is 11.8 Å². The molecule has 0 heterocycles. The Morgan fingerprint density at radius 1 is 1.47 bits per heavy atom. The Kier molecular flexibility index (Phi) is 6.64. The lowest BCUT2D eigenvalue weighted by Crippen LogP contribution is -2.44. The molecule has 0 fully saturated rings. The van der Waals surface area contributed by atoms with Gasteiger partial charge in [-0.05, 0) is 0 Å². The maximum absolute atomic E-state index is 11.2. The highest BCUT2D eigenvalue weighted by molar-refractivity contribution is 5.82. The number of hydrogen-bond acceptors (Lipinski definition) is 4. The second kappa shape index (κ2) is 7.19. The van der Waals surface area contributed by atoms with Crippen molar-refractivity contribution in [3.8, 4) is 0 Å². The van der Waals surface area contributed by atoms with Gasteiger partial charge in [0, 0.05) is 34.2 Å². The van der Waals surface area contributed by atoms with Crippen molar-refractivity contribution in [3.63, 3.8) is 0 Å². The highest BCUT2D eigenvalue weighted by Crippen LogP contribution is 1.86. The fourth-order valence-electron chi connectivity index (χ4n) is 0.903. The molecule has 0 aromatic rings. The van der Waals surface area contributed by atoms with Crippen LogP contribution in [0.2, 0.25) is 0 Å². The first-order chi connectivity index (χ1) is 6.99. The number of nitrogens with two attached hydrogens (primary N) is 1. The molecule has 0 spiro atoms. The Morgan fingerprint density at radius 2 is 2.07 bits per heavy atom. The molecule has 0 bridgehead atoms. The number of nitrogens with one attached hydrogen (secondary N) is 1. The molecule has 2 amide bonds. The number of nitrogens with zero attached hydrogens (tertiary/aromatic N) is 1. The number of amides is 2. The Balaban J connectivity index is 3.68. The summed E-state index contributed by atoms with van der Waals surface area (Å²) in [6, 6.07) is -0.676. The summed E-state index contributed by atoms with van der Waals surface area (Å²) >= 11 is 0. The monoisotopic (exact) mass is 217 g/mol. The molecule has 15 heavy (non-hydrogen) atoms. The molecule has 0 aromatic carbocycles. The fourth-order valence-corrected chi connectivity index (χ4v) is 0.903. The number of carbonyl (C=O) groups excluding carboxylic acids is 2. The molecule has 0 aliphatic rings. The number of carbonyl (C=O) groups is 2. The summed E-state index contributed by atoms with van der Waals surface area (Å²) in [5.41, 5.74) is 5.47. The van der Waals surface area contributed by atoms with Crippen LogP contribution < -0.4 is 11.1 Å². The molecule has 0 aliphatic heterocycles. The SMILES string of the molecule is COCC(N)C(=O)NCCC(=O)N(C)C. The van der Waals surface area contributed by atoms with Gasteiger partial charge in [0.05, 0.1) is 6.61 Å². The van der Waals surface area contributed by atoms with Crippen molar-refractivity contribution in [1.29, 1.82) is 0 Å². The van der Waals surface area contributed by atoms with Crippen molar-refractivity contribution in [2.75, 3.05) is 34.4 Å². The molecule has 3 N–H and O–H groups in total. The molecule has 0 saturated carbocycles. The van der Waals surface area contributed by atoms with Gasteiger partial charge >= 0.3 is 0 Å². The Labute approximate surface area is 89.7 Å². The molecule has 1 atom stereocenters. The van der Waals surface area contributed by atoms with E-state index in [1.165, 1.54) is 12.0 Å². The van der Waals surface area contributed by atoms with E-state index in [9.17, 15) is 9.59 Å². The lowest BCUT2D eigenvalue weighted by molar-refractivity contribution is -0.128. The van der Waals surface area contributed by atoms with Gasteiger partial charge in [-0.3, -0.25) is 9.59 Å². The van der Waals surface area contributed by atoms with Crippen LogP contribution in [0.4, 0.5) is 0 Å². The van der Waals surface area contributed by atoms with Gasteiger partial charge in [-0.15, -0.1) is 0 Å². The summed E-state index contributed by atoms with van der Waals surface area (Å²) in [6.45, 7) is 0.473. The Bertz CT molecular complexity index is 219. The summed E-state index contributed by atoms with van der Waals surface area (Å²) in [7, 11) is 4.81. The second-order valence-electron chi connectivity index (χ2n) is 3.39. The first kappa shape index (κ1) is 13.9. The minimum atomic E-state index is -0.676. The molecule has 0 saturated heterocycles. The van der Waals surface area contributed by atoms with E-state index < -0.39 is 6.04 Å². The van der Waals surface area contributed by atoms with Crippen LogP contribution in [-0.4, -0.2) is 57.1 Å². The number of hydrogen-bond donors (Lipinski definition) is 2. The Hall–Kier alpha value is -1.14. The van der Waals surface area contributed by atoms with Gasteiger partial charge in [-0.2, -0.15) is 0 Å². The summed E-state index contributed by atoms with van der Waals surface area (Å²) in [5.74, 6) is -0.334. The van der Waals surface area contributed by atoms with Gasteiger partial charge in [0.1, 0.15) is 6.04 Å². The molecule has 88 valence electrons. The van der Waals surface area contributed by atoms with Crippen molar-refractivity contribution in [1.82, 2.24) is 10.2 Å². The third-order valence-electron chi connectivity index (χ3n) is 1.82. The standard InChI is InChI=1S/C9H19N3O3/c1-12(2)8(13)4-5-11-9(14)7(10)6-15-3/h7H,4-6,10H2,1-3H3,(H,11,14). The maximum Gasteiger partial charge on any atom is 0.239 e. The summed E-state index contributed by atoms with van der Waals surface area (Å²) in [4.78, 5) is 23.9. The third kappa shape index (κ3) is 6.03.